The van der Waals surface area contributed by atoms with Crippen LogP contribution in [0.4, 0.5) is 0 Å². The van der Waals surface area contributed by atoms with Crippen LogP contribution in [0.25, 0.3) is 0 Å². The average Bonchev–Trinajstić information content (AvgIpc) is 2.88. The molecular formula is C15H20N4O. The fourth-order valence-corrected chi connectivity index (χ4v) is 2.06. The fourth-order valence-electron chi connectivity index (χ4n) is 2.06. The smallest absolute Gasteiger partial charge is 0.224 e. The zero-order chi connectivity index (χ0) is 14.4. The Morgan fingerprint density at radius 3 is 2.75 bits per heavy atom. The summed E-state index contributed by atoms with van der Waals surface area (Å²) >= 11 is 0. The van der Waals surface area contributed by atoms with Crippen molar-refractivity contribution in [2.24, 2.45) is 11.7 Å². The zero-order valence-electron chi connectivity index (χ0n) is 11.6. The summed E-state index contributed by atoms with van der Waals surface area (Å²) in [7, 11) is 0. The fraction of sp³-hybridized carbons (Fsp3) is 0.333. The molecule has 0 aliphatic rings. The molecule has 1 heterocycles. The first kappa shape index (κ1) is 14.3. The molecule has 0 aliphatic heterocycles. The Kier molecular flexibility index (Phi) is 4.90. The number of H-pyrrole nitrogens is 1. The van der Waals surface area contributed by atoms with E-state index in [1.165, 1.54) is 0 Å². The lowest BCUT2D eigenvalue weighted by atomic mass is 9.98. The molecule has 5 heteroatoms. The van der Waals surface area contributed by atoms with Crippen LogP contribution in [-0.4, -0.2) is 22.6 Å². The standard InChI is InChI=1S/C15H20N4O/c1-11-14(10-18-19-11)9-17-15(20)13(8-16)7-12-5-3-2-4-6-12/h2-6,10,13H,7-9,16H2,1H3,(H,17,20)(H,18,19). The first-order chi connectivity index (χ1) is 9.70. The number of hydrogen-bond donors (Lipinski definition) is 3. The van der Waals surface area contributed by atoms with Gasteiger partial charge in [0, 0.05) is 24.3 Å². The van der Waals surface area contributed by atoms with Crippen molar-refractivity contribution in [1.82, 2.24) is 15.5 Å². The molecule has 0 aliphatic carbocycles. The second-order valence-electron chi connectivity index (χ2n) is 4.86. The van der Waals surface area contributed by atoms with Gasteiger partial charge in [-0.15, -0.1) is 0 Å². The molecule has 20 heavy (non-hydrogen) atoms. The predicted molar refractivity (Wildman–Crippen MR) is 77.9 cm³/mol. The topological polar surface area (TPSA) is 83.8 Å². The minimum absolute atomic E-state index is 0.0167. The number of rotatable bonds is 6. The largest absolute Gasteiger partial charge is 0.352 e. The van der Waals surface area contributed by atoms with Gasteiger partial charge in [-0.3, -0.25) is 9.89 Å². The first-order valence-corrected chi connectivity index (χ1v) is 6.71. The number of carbonyl (C=O) groups is 1. The summed E-state index contributed by atoms with van der Waals surface area (Å²) in [5.41, 5.74) is 8.81. The van der Waals surface area contributed by atoms with E-state index in [0.717, 1.165) is 16.8 Å². The van der Waals surface area contributed by atoms with Gasteiger partial charge in [0.1, 0.15) is 0 Å². The Hall–Kier alpha value is -2.14. The third kappa shape index (κ3) is 3.68. The van der Waals surface area contributed by atoms with E-state index in [0.29, 0.717) is 19.5 Å². The summed E-state index contributed by atoms with van der Waals surface area (Å²) in [5, 5.41) is 9.70. The molecule has 0 saturated heterocycles. The van der Waals surface area contributed by atoms with Gasteiger partial charge < -0.3 is 11.1 Å². The Morgan fingerprint density at radius 1 is 1.40 bits per heavy atom. The van der Waals surface area contributed by atoms with Gasteiger partial charge in [0.2, 0.25) is 5.91 Å². The van der Waals surface area contributed by atoms with E-state index in [2.05, 4.69) is 15.5 Å². The minimum Gasteiger partial charge on any atom is -0.352 e. The lowest BCUT2D eigenvalue weighted by Crippen LogP contribution is -2.36. The molecule has 106 valence electrons. The van der Waals surface area contributed by atoms with Gasteiger partial charge >= 0.3 is 0 Å². The van der Waals surface area contributed by atoms with Crippen molar-refractivity contribution in [2.45, 2.75) is 19.9 Å². The monoisotopic (exact) mass is 272 g/mol. The highest BCUT2D eigenvalue weighted by Gasteiger charge is 2.17. The molecule has 1 atom stereocenters. The second-order valence-corrected chi connectivity index (χ2v) is 4.86. The van der Waals surface area contributed by atoms with Crippen LogP contribution in [0.5, 0.6) is 0 Å². The molecule has 5 nitrogen and oxygen atoms in total. The molecule has 2 aromatic rings. The quantitative estimate of drug-likeness (QED) is 0.737. The molecule has 4 N–H and O–H groups in total. The van der Waals surface area contributed by atoms with Crippen molar-refractivity contribution in [1.29, 1.82) is 0 Å². The zero-order valence-corrected chi connectivity index (χ0v) is 11.6. The summed E-state index contributed by atoms with van der Waals surface area (Å²) < 4.78 is 0. The van der Waals surface area contributed by atoms with Gasteiger partial charge in [0.25, 0.3) is 0 Å². The molecule has 1 unspecified atom stereocenters. The van der Waals surface area contributed by atoms with E-state index in [9.17, 15) is 4.79 Å². The van der Waals surface area contributed by atoms with E-state index in [1.54, 1.807) is 6.20 Å². The van der Waals surface area contributed by atoms with Crippen LogP contribution >= 0.6 is 0 Å². The highest BCUT2D eigenvalue weighted by Crippen LogP contribution is 2.09. The molecule has 1 aromatic carbocycles. The van der Waals surface area contributed by atoms with Crippen molar-refractivity contribution < 1.29 is 4.79 Å². The van der Waals surface area contributed by atoms with Crippen molar-refractivity contribution in [3.05, 3.63) is 53.3 Å². The number of aromatic nitrogens is 2. The lowest BCUT2D eigenvalue weighted by Gasteiger charge is -2.14. The molecule has 1 amide bonds. The molecule has 0 radical (unpaired) electrons. The number of nitrogens with one attached hydrogen (secondary N) is 2. The van der Waals surface area contributed by atoms with Crippen molar-refractivity contribution in [3.8, 4) is 0 Å². The molecule has 0 spiro atoms. The predicted octanol–water partition coefficient (Wildman–Crippen LogP) is 1.15. The van der Waals surface area contributed by atoms with Crippen LogP contribution < -0.4 is 11.1 Å². The lowest BCUT2D eigenvalue weighted by molar-refractivity contribution is -0.124. The van der Waals surface area contributed by atoms with Crippen molar-refractivity contribution in [3.63, 3.8) is 0 Å². The number of nitrogens with zero attached hydrogens (tertiary/aromatic N) is 1. The Labute approximate surface area is 118 Å². The van der Waals surface area contributed by atoms with Gasteiger partial charge in [-0.25, -0.2) is 0 Å². The third-order valence-electron chi connectivity index (χ3n) is 3.37. The highest BCUT2D eigenvalue weighted by atomic mass is 16.1. The maximum Gasteiger partial charge on any atom is 0.224 e. The second kappa shape index (κ2) is 6.86. The number of amides is 1. The van der Waals surface area contributed by atoms with Gasteiger partial charge in [0.05, 0.1) is 12.1 Å². The molecule has 0 fully saturated rings. The number of carbonyl (C=O) groups excluding carboxylic acids is 1. The van der Waals surface area contributed by atoms with Gasteiger partial charge in [-0.1, -0.05) is 30.3 Å². The number of nitrogens with two attached hydrogens (primary N) is 1. The number of aromatic amines is 1. The van der Waals surface area contributed by atoms with E-state index in [4.69, 9.17) is 5.73 Å². The first-order valence-electron chi connectivity index (χ1n) is 6.71. The number of aryl methyl sites for hydroxylation is 1. The molecular weight excluding hydrogens is 252 g/mol. The normalized spacial score (nSPS) is 12.1. The molecule has 0 bridgehead atoms. The van der Waals surface area contributed by atoms with E-state index in [1.807, 2.05) is 37.3 Å². The Morgan fingerprint density at radius 2 is 2.15 bits per heavy atom. The van der Waals surface area contributed by atoms with Crippen LogP contribution in [0.2, 0.25) is 0 Å². The van der Waals surface area contributed by atoms with Gasteiger partial charge in [0.15, 0.2) is 0 Å². The molecule has 0 saturated carbocycles. The van der Waals surface area contributed by atoms with Crippen LogP contribution in [0.3, 0.4) is 0 Å². The summed E-state index contributed by atoms with van der Waals surface area (Å²) in [6.07, 6.45) is 2.39. The van der Waals surface area contributed by atoms with Crippen LogP contribution in [-0.2, 0) is 17.8 Å². The summed E-state index contributed by atoms with van der Waals surface area (Å²) in [5.74, 6) is -0.221. The molecule has 1 aromatic heterocycles. The van der Waals surface area contributed by atoms with E-state index in [-0.39, 0.29) is 11.8 Å². The summed E-state index contributed by atoms with van der Waals surface area (Å²) in [6.45, 7) is 2.75. The van der Waals surface area contributed by atoms with E-state index < -0.39 is 0 Å². The maximum absolute atomic E-state index is 12.2. The van der Waals surface area contributed by atoms with Gasteiger partial charge in [-0.2, -0.15) is 5.10 Å². The number of hydrogen-bond acceptors (Lipinski definition) is 3. The van der Waals surface area contributed by atoms with Crippen LogP contribution in [0.1, 0.15) is 16.8 Å². The SMILES string of the molecule is Cc1[nH]ncc1CNC(=O)C(CN)Cc1ccccc1. The Balaban J connectivity index is 1.91. The van der Waals surface area contributed by atoms with Crippen molar-refractivity contribution >= 4 is 5.91 Å². The van der Waals surface area contributed by atoms with Gasteiger partial charge in [-0.05, 0) is 18.9 Å². The Bertz CT molecular complexity index is 550. The minimum atomic E-state index is -0.204. The third-order valence-corrected chi connectivity index (χ3v) is 3.37. The summed E-state index contributed by atoms with van der Waals surface area (Å²) in [4.78, 5) is 12.2. The van der Waals surface area contributed by atoms with Crippen LogP contribution in [0.15, 0.2) is 36.5 Å². The highest BCUT2D eigenvalue weighted by molar-refractivity contribution is 5.79. The number of benzene rings is 1. The van der Waals surface area contributed by atoms with E-state index >= 15 is 0 Å². The maximum atomic E-state index is 12.2. The molecule has 2 rings (SSSR count). The summed E-state index contributed by atoms with van der Waals surface area (Å²) in [6, 6.07) is 9.92. The van der Waals surface area contributed by atoms with Crippen LogP contribution in [0, 0.1) is 12.8 Å². The average molecular weight is 272 g/mol. The van der Waals surface area contributed by atoms with Crippen molar-refractivity contribution in [2.75, 3.05) is 6.54 Å².